The summed E-state index contributed by atoms with van der Waals surface area (Å²) in [5, 5.41) is 3.88. The number of unbranched alkanes of at least 4 members (excludes halogenated alkanes) is 1. The van der Waals surface area contributed by atoms with E-state index in [9.17, 15) is 4.79 Å². The molecule has 0 aliphatic rings. The van der Waals surface area contributed by atoms with Crippen LogP contribution in [0.3, 0.4) is 0 Å². The van der Waals surface area contributed by atoms with Crippen LogP contribution in [0.2, 0.25) is 0 Å². The number of para-hydroxylation sites is 1. The molecule has 0 radical (unpaired) electrons. The normalized spacial score (nSPS) is 11.2. The van der Waals surface area contributed by atoms with Gasteiger partial charge in [0.25, 0.3) is 5.91 Å². The van der Waals surface area contributed by atoms with Crippen LogP contribution in [0, 0.1) is 0 Å². The number of aromatic nitrogens is 1. The molecule has 154 valence electrons. The van der Waals surface area contributed by atoms with Crippen LogP contribution in [0.25, 0.3) is 11.0 Å². The Morgan fingerprint density at radius 3 is 2.86 bits per heavy atom. The molecule has 3 aromatic rings. The first kappa shape index (κ1) is 20.9. The van der Waals surface area contributed by atoms with Crippen molar-refractivity contribution in [2.45, 2.75) is 32.7 Å². The monoisotopic (exact) mass is 395 g/mol. The van der Waals surface area contributed by atoms with E-state index in [0.717, 1.165) is 48.1 Å². The van der Waals surface area contributed by atoms with Gasteiger partial charge in [-0.25, -0.2) is 4.98 Å². The summed E-state index contributed by atoms with van der Waals surface area (Å²) in [6.45, 7) is 3.91. The number of hydrogen-bond donors (Lipinski definition) is 1. The van der Waals surface area contributed by atoms with Gasteiger partial charge in [-0.15, -0.1) is 0 Å². The minimum atomic E-state index is -0.118. The molecule has 6 heteroatoms. The van der Waals surface area contributed by atoms with E-state index in [4.69, 9.17) is 9.15 Å². The number of benzene rings is 1. The van der Waals surface area contributed by atoms with Gasteiger partial charge in [-0.05, 0) is 38.2 Å². The van der Waals surface area contributed by atoms with Crippen LogP contribution in [0.5, 0.6) is 5.88 Å². The first-order valence-corrected chi connectivity index (χ1v) is 10.1. The van der Waals surface area contributed by atoms with Crippen LogP contribution in [0.4, 0.5) is 0 Å². The number of ether oxygens (including phenoxy) is 1. The summed E-state index contributed by atoms with van der Waals surface area (Å²) in [4.78, 5) is 19.3. The highest BCUT2D eigenvalue weighted by Gasteiger charge is 2.20. The number of aryl methyl sites for hydroxylation is 1. The third-order valence-electron chi connectivity index (χ3n) is 4.69. The molecule has 0 saturated heterocycles. The fraction of sp³-hybridized carbons (Fsp3) is 0.391. The third kappa shape index (κ3) is 5.57. The van der Waals surface area contributed by atoms with Gasteiger partial charge in [-0.2, -0.15) is 0 Å². The standard InChI is InChI=1S/C23H29N3O3/c1-4-5-9-20-22(18-8-6-7-10-19(18)29-20)23(27)25-16-17-11-12-24-21(15-17)28-14-13-26(2)3/h6-8,10-12,15H,4-5,9,13-14,16H2,1-3H3,(H,25,27). The van der Waals surface area contributed by atoms with E-state index in [2.05, 4.69) is 22.1 Å². The molecule has 0 atom stereocenters. The van der Waals surface area contributed by atoms with E-state index in [1.165, 1.54) is 0 Å². The van der Waals surface area contributed by atoms with Crippen molar-refractivity contribution in [2.24, 2.45) is 0 Å². The van der Waals surface area contributed by atoms with E-state index >= 15 is 0 Å². The maximum absolute atomic E-state index is 13.0. The molecule has 0 unspecified atom stereocenters. The highest BCUT2D eigenvalue weighted by molar-refractivity contribution is 6.07. The van der Waals surface area contributed by atoms with Gasteiger partial charge >= 0.3 is 0 Å². The summed E-state index contributed by atoms with van der Waals surface area (Å²) < 4.78 is 11.6. The Hall–Kier alpha value is -2.86. The first-order chi connectivity index (χ1) is 14.1. The summed E-state index contributed by atoms with van der Waals surface area (Å²) in [5.41, 5.74) is 2.34. The molecule has 2 aromatic heterocycles. The van der Waals surface area contributed by atoms with Crippen molar-refractivity contribution in [2.75, 3.05) is 27.2 Å². The lowest BCUT2D eigenvalue weighted by Crippen LogP contribution is -2.23. The van der Waals surface area contributed by atoms with Crippen LogP contribution in [0.1, 0.15) is 41.4 Å². The zero-order chi connectivity index (χ0) is 20.6. The SMILES string of the molecule is CCCCc1oc2ccccc2c1C(=O)NCc1ccnc(OCCN(C)C)c1. The number of carbonyl (C=O) groups is 1. The number of nitrogens with one attached hydrogen (secondary N) is 1. The molecule has 6 nitrogen and oxygen atoms in total. The molecular formula is C23H29N3O3. The van der Waals surface area contributed by atoms with Gasteiger partial charge in [0.15, 0.2) is 0 Å². The predicted octanol–water partition coefficient (Wildman–Crippen LogP) is 4.04. The van der Waals surface area contributed by atoms with Crippen molar-refractivity contribution < 1.29 is 13.9 Å². The summed E-state index contributed by atoms with van der Waals surface area (Å²) in [5.74, 6) is 1.21. The van der Waals surface area contributed by atoms with E-state index in [1.807, 2.05) is 50.5 Å². The molecule has 0 fully saturated rings. The Balaban J connectivity index is 1.69. The molecule has 3 rings (SSSR count). The van der Waals surface area contributed by atoms with Gasteiger partial charge in [0.2, 0.25) is 5.88 Å². The number of furan rings is 1. The minimum absolute atomic E-state index is 0.118. The number of hydrogen-bond acceptors (Lipinski definition) is 5. The molecule has 0 bridgehead atoms. The smallest absolute Gasteiger partial charge is 0.255 e. The predicted molar refractivity (Wildman–Crippen MR) is 114 cm³/mol. The van der Waals surface area contributed by atoms with Crippen molar-refractivity contribution in [1.29, 1.82) is 0 Å². The second-order valence-electron chi connectivity index (χ2n) is 7.34. The van der Waals surface area contributed by atoms with Gasteiger partial charge in [-0.1, -0.05) is 31.5 Å². The number of fused-ring (bicyclic) bond motifs is 1. The Bertz CT molecular complexity index is 949. The Morgan fingerprint density at radius 2 is 2.07 bits per heavy atom. The highest BCUT2D eigenvalue weighted by atomic mass is 16.5. The van der Waals surface area contributed by atoms with E-state index < -0.39 is 0 Å². The Morgan fingerprint density at radius 1 is 1.24 bits per heavy atom. The average molecular weight is 396 g/mol. The fourth-order valence-electron chi connectivity index (χ4n) is 3.10. The van der Waals surface area contributed by atoms with Gasteiger partial charge < -0.3 is 19.4 Å². The molecule has 1 amide bonds. The second-order valence-corrected chi connectivity index (χ2v) is 7.34. The van der Waals surface area contributed by atoms with Crippen molar-refractivity contribution >= 4 is 16.9 Å². The van der Waals surface area contributed by atoms with Gasteiger partial charge in [-0.3, -0.25) is 4.79 Å². The number of nitrogens with zero attached hydrogens (tertiary/aromatic N) is 2. The second kappa shape index (κ2) is 10.1. The van der Waals surface area contributed by atoms with Crippen LogP contribution in [0.15, 0.2) is 47.0 Å². The topological polar surface area (TPSA) is 67.6 Å². The van der Waals surface area contributed by atoms with Crippen molar-refractivity contribution in [3.8, 4) is 5.88 Å². The third-order valence-corrected chi connectivity index (χ3v) is 4.69. The van der Waals surface area contributed by atoms with Crippen molar-refractivity contribution in [3.63, 3.8) is 0 Å². The van der Waals surface area contributed by atoms with Crippen LogP contribution in [-0.4, -0.2) is 43.0 Å². The summed E-state index contributed by atoms with van der Waals surface area (Å²) in [6.07, 6.45) is 4.49. The summed E-state index contributed by atoms with van der Waals surface area (Å²) in [7, 11) is 3.99. The maximum atomic E-state index is 13.0. The molecule has 29 heavy (non-hydrogen) atoms. The Labute approximate surface area is 171 Å². The van der Waals surface area contributed by atoms with Crippen molar-refractivity contribution in [3.05, 3.63) is 59.5 Å². The summed E-state index contributed by atoms with van der Waals surface area (Å²) in [6, 6.07) is 11.4. The largest absolute Gasteiger partial charge is 0.476 e. The Kier molecular flexibility index (Phi) is 7.25. The number of likely N-dealkylation sites (N-methyl/N-ethyl adjacent to an activating group) is 1. The molecular weight excluding hydrogens is 366 g/mol. The van der Waals surface area contributed by atoms with Crippen molar-refractivity contribution in [1.82, 2.24) is 15.2 Å². The average Bonchev–Trinajstić information content (AvgIpc) is 3.09. The highest BCUT2D eigenvalue weighted by Crippen LogP contribution is 2.27. The number of pyridine rings is 1. The molecule has 0 aliphatic heterocycles. The molecule has 0 spiro atoms. The molecule has 0 aliphatic carbocycles. The lowest BCUT2D eigenvalue weighted by Gasteiger charge is -2.11. The number of rotatable bonds is 10. The molecule has 1 aromatic carbocycles. The van der Waals surface area contributed by atoms with E-state index in [-0.39, 0.29) is 5.91 Å². The van der Waals surface area contributed by atoms with Crippen LogP contribution >= 0.6 is 0 Å². The van der Waals surface area contributed by atoms with Gasteiger partial charge in [0.05, 0.1) is 5.56 Å². The first-order valence-electron chi connectivity index (χ1n) is 10.1. The molecule has 0 saturated carbocycles. The zero-order valence-electron chi connectivity index (χ0n) is 17.4. The van der Waals surface area contributed by atoms with Crippen LogP contribution in [-0.2, 0) is 13.0 Å². The molecule has 2 heterocycles. The maximum Gasteiger partial charge on any atom is 0.255 e. The van der Waals surface area contributed by atoms with Crippen LogP contribution < -0.4 is 10.1 Å². The fourth-order valence-corrected chi connectivity index (χ4v) is 3.10. The molecule has 1 N–H and O–H groups in total. The van der Waals surface area contributed by atoms with Gasteiger partial charge in [0, 0.05) is 37.2 Å². The lowest BCUT2D eigenvalue weighted by atomic mass is 10.1. The van der Waals surface area contributed by atoms with Gasteiger partial charge in [0.1, 0.15) is 18.0 Å². The zero-order valence-corrected chi connectivity index (χ0v) is 17.4. The number of carbonyl (C=O) groups excluding carboxylic acids is 1. The van der Waals surface area contributed by atoms with E-state index in [1.54, 1.807) is 6.20 Å². The number of amides is 1. The van der Waals surface area contributed by atoms with E-state index in [0.29, 0.717) is 24.6 Å². The minimum Gasteiger partial charge on any atom is -0.476 e. The summed E-state index contributed by atoms with van der Waals surface area (Å²) >= 11 is 0. The quantitative estimate of drug-likeness (QED) is 0.561. The lowest BCUT2D eigenvalue weighted by molar-refractivity contribution is 0.0950.